The lowest BCUT2D eigenvalue weighted by Gasteiger charge is -2.16. The molecule has 0 aromatic carbocycles. The summed E-state index contributed by atoms with van der Waals surface area (Å²) in [6.45, 7) is 3.99. The van der Waals surface area contributed by atoms with Crippen LogP contribution in [0.1, 0.15) is 33.1 Å². The van der Waals surface area contributed by atoms with Crippen molar-refractivity contribution in [3.63, 3.8) is 0 Å². The number of esters is 1. The van der Waals surface area contributed by atoms with Crippen LogP contribution in [0.15, 0.2) is 0 Å². The number of carbonyl (C=O) groups is 1. The van der Waals surface area contributed by atoms with Crippen LogP contribution in [0.4, 0.5) is 0 Å². The highest BCUT2D eigenvalue weighted by Crippen LogP contribution is 2.18. The zero-order chi connectivity index (χ0) is 10.3. The van der Waals surface area contributed by atoms with E-state index in [4.69, 9.17) is 11.6 Å². The fourth-order valence-corrected chi connectivity index (χ4v) is 1.42. The van der Waals surface area contributed by atoms with E-state index in [2.05, 4.69) is 11.7 Å². The molecule has 0 amide bonds. The Morgan fingerprint density at radius 3 is 2.46 bits per heavy atom. The van der Waals surface area contributed by atoms with E-state index in [1.807, 2.05) is 6.92 Å². The predicted octanol–water partition coefficient (Wildman–Crippen LogP) is 2.84. The maximum Gasteiger partial charge on any atom is 0.308 e. The third kappa shape index (κ3) is 5.14. The molecule has 0 unspecified atom stereocenters. The fraction of sp³-hybridized carbons (Fsp3) is 0.900. The highest BCUT2D eigenvalue weighted by molar-refractivity contribution is 6.17. The lowest BCUT2D eigenvalue weighted by molar-refractivity contribution is -0.146. The third-order valence-corrected chi connectivity index (χ3v) is 2.74. The lowest BCUT2D eigenvalue weighted by atomic mass is 9.91. The summed E-state index contributed by atoms with van der Waals surface area (Å²) < 4.78 is 4.67. The Morgan fingerprint density at radius 2 is 2.00 bits per heavy atom. The highest BCUT2D eigenvalue weighted by Gasteiger charge is 2.19. The van der Waals surface area contributed by atoms with E-state index < -0.39 is 0 Å². The molecule has 0 bridgehead atoms. The van der Waals surface area contributed by atoms with Crippen molar-refractivity contribution < 1.29 is 9.53 Å². The summed E-state index contributed by atoms with van der Waals surface area (Å²) in [6, 6.07) is 0. The fourth-order valence-electron chi connectivity index (χ4n) is 1.23. The number of hydrogen-bond acceptors (Lipinski definition) is 2. The van der Waals surface area contributed by atoms with Crippen molar-refractivity contribution >= 4 is 17.6 Å². The number of halogens is 1. The minimum atomic E-state index is -0.113. The Hall–Kier alpha value is -0.240. The van der Waals surface area contributed by atoms with Crippen molar-refractivity contribution in [2.75, 3.05) is 13.0 Å². The van der Waals surface area contributed by atoms with Crippen LogP contribution < -0.4 is 0 Å². The summed E-state index contributed by atoms with van der Waals surface area (Å²) in [5, 5.41) is 0. The molecule has 2 nitrogen and oxygen atoms in total. The summed E-state index contributed by atoms with van der Waals surface area (Å²) in [7, 11) is 1.43. The standard InChI is InChI=1S/C10H19ClO2/c1-8(6-4-5-7-11)9(2)10(12)13-3/h8-9H,4-7H2,1-3H3/t8-,9+/m1/s1. The molecule has 0 heterocycles. The lowest BCUT2D eigenvalue weighted by Crippen LogP contribution is -2.20. The first-order valence-electron chi connectivity index (χ1n) is 4.77. The maximum atomic E-state index is 11.1. The van der Waals surface area contributed by atoms with E-state index in [1.165, 1.54) is 7.11 Å². The van der Waals surface area contributed by atoms with Crippen LogP contribution >= 0.6 is 11.6 Å². The van der Waals surface area contributed by atoms with E-state index in [9.17, 15) is 4.79 Å². The van der Waals surface area contributed by atoms with E-state index in [1.54, 1.807) is 0 Å². The van der Waals surface area contributed by atoms with Crippen LogP contribution in [0.3, 0.4) is 0 Å². The molecule has 13 heavy (non-hydrogen) atoms. The molecule has 0 saturated heterocycles. The molecule has 0 spiro atoms. The molecule has 2 atom stereocenters. The molecule has 0 N–H and O–H groups in total. The summed E-state index contributed by atoms with van der Waals surface area (Å²) in [4.78, 5) is 11.1. The van der Waals surface area contributed by atoms with Crippen LogP contribution in [-0.4, -0.2) is 19.0 Å². The number of hydrogen-bond donors (Lipinski definition) is 0. The van der Waals surface area contributed by atoms with Crippen LogP contribution in [0, 0.1) is 11.8 Å². The van der Waals surface area contributed by atoms with Crippen molar-refractivity contribution in [1.82, 2.24) is 0 Å². The molecule has 0 aliphatic heterocycles. The van der Waals surface area contributed by atoms with Gasteiger partial charge in [0.25, 0.3) is 0 Å². The minimum Gasteiger partial charge on any atom is -0.469 e. The van der Waals surface area contributed by atoms with Gasteiger partial charge in [-0.3, -0.25) is 4.79 Å². The molecule has 0 rings (SSSR count). The smallest absolute Gasteiger partial charge is 0.308 e. The average Bonchev–Trinajstić information content (AvgIpc) is 2.15. The van der Waals surface area contributed by atoms with Gasteiger partial charge in [-0.15, -0.1) is 11.6 Å². The molecule has 0 saturated carbocycles. The Balaban J connectivity index is 3.68. The normalized spacial score (nSPS) is 15.1. The van der Waals surface area contributed by atoms with Gasteiger partial charge in [-0.05, 0) is 18.8 Å². The summed E-state index contributed by atoms with van der Waals surface area (Å²) >= 11 is 5.56. The highest BCUT2D eigenvalue weighted by atomic mass is 35.5. The first-order valence-corrected chi connectivity index (χ1v) is 5.30. The predicted molar refractivity (Wildman–Crippen MR) is 54.9 cm³/mol. The monoisotopic (exact) mass is 206 g/mol. The van der Waals surface area contributed by atoms with E-state index in [-0.39, 0.29) is 11.9 Å². The van der Waals surface area contributed by atoms with Gasteiger partial charge in [0.2, 0.25) is 0 Å². The van der Waals surface area contributed by atoms with E-state index >= 15 is 0 Å². The largest absolute Gasteiger partial charge is 0.469 e. The van der Waals surface area contributed by atoms with E-state index in [0.717, 1.165) is 19.3 Å². The number of rotatable bonds is 6. The van der Waals surface area contributed by atoms with Crippen molar-refractivity contribution in [2.24, 2.45) is 11.8 Å². The number of unbranched alkanes of at least 4 members (excludes halogenated alkanes) is 1. The molecular formula is C10H19ClO2. The second-order valence-corrected chi connectivity index (χ2v) is 3.85. The first-order chi connectivity index (χ1) is 6.13. The van der Waals surface area contributed by atoms with Crippen molar-refractivity contribution in [2.45, 2.75) is 33.1 Å². The second-order valence-electron chi connectivity index (χ2n) is 3.47. The maximum absolute atomic E-state index is 11.1. The quantitative estimate of drug-likeness (QED) is 0.380. The van der Waals surface area contributed by atoms with Crippen LogP contribution in [0.2, 0.25) is 0 Å². The molecular weight excluding hydrogens is 188 g/mol. The Labute approximate surface area is 85.6 Å². The Bertz CT molecular complexity index is 148. The molecule has 0 radical (unpaired) electrons. The van der Waals surface area contributed by atoms with Gasteiger partial charge in [0, 0.05) is 5.88 Å². The average molecular weight is 207 g/mol. The zero-order valence-electron chi connectivity index (χ0n) is 8.68. The number of ether oxygens (including phenoxy) is 1. The molecule has 78 valence electrons. The zero-order valence-corrected chi connectivity index (χ0v) is 9.43. The second kappa shape index (κ2) is 7.19. The molecule has 3 heteroatoms. The van der Waals surface area contributed by atoms with Gasteiger partial charge in [0.1, 0.15) is 0 Å². The van der Waals surface area contributed by atoms with Crippen molar-refractivity contribution in [3.8, 4) is 0 Å². The topological polar surface area (TPSA) is 26.3 Å². The first kappa shape index (κ1) is 12.8. The van der Waals surface area contributed by atoms with Gasteiger partial charge in [-0.1, -0.05) is 20.3 Å². The minimum absolute atomic E-state index is 0.000301. The van der Waals surface area contributed by atoms with Gasteiger partial charge in [0.05, 0.1) is 13.0 Å². The Kier molecular flexibility index (Phi) is 7.06. The third-order valence-electron chi connectivity index (χ3n) is 2.47. The number of carbonyl (C=O) groups excluding carboxylic acids is 1. The number of alkyl halides is 1. The van der Waals surface area contributed by atoms with Gasteiger partial charge in [0.15, 0.2) is 0 Å². The van der Waals surface area contributed by atoms with Crippen molar-refractivity contribution in [3.05, 3.63) is 0 Å². The van der Waals surface area contributed by atoms with E-state index in [0.29, 0.717) is 11.8 Å². The summed E-state index contributed by atoms with van der Waals surface area (Å²) in [5.41, 5.74) is 0. The van der Waals surface area contributed by atoms with Gasteiger partial charge in [-0.25, -0.2) is 0 Å². The molecule has 0 fully saturated rings. The molecule has 0 aliphatic rings. The van der Waals surface area contributed by atoms with Crippen LogP contribution in [0.5, 0.6) is 0 Å². The summed E-state index contributed by atoms with van der Waals surface area (Å²) in [6.07, 6.45) is 3.16. The molecule has 0 aromatic heterocycles. The van der Waals surface area contributed by atoms with Gasteiger partial charge >= 0.3 is 5.97 Å². The summed E-state index contributed by atoms with van der Waals surface area (Å²) in [5.74, 6) is 0.980. The Morgan fingerprint density at radius 1 is 1.38 bits per heavy atom. The molecule has 0 aromatic rings. The van der Waals surface area contributed by atoms with Crippen LogP contribution in [0.25, 0.3) is 0 Å². The van der Waals surface area contributed by atoms with Crippen molar-refractivity contribution in [1.29, 1.82) is 0 Å². The van der Waals surface area contributed by atoms with Gasteiger partial charge < -0.3 is 4.74 Å². The SMILES string of the molecule is COC(=O)[C@@H](C)[C@H](C)CCCCCl. The van der Waals surface area contributed by atoms with Gasteiger partial charge in [-0.2, -0.15) is 0 Å². The number of methoxy groups -OCH3 is 1. The van der Waals surface area contributed by atoms with Crippen LogP contribution in [-0.2, 0) is 9.53 Å². The molecule has 0 aliphatic carbocycles.